The Morgan fingerprint density at radius 2 is 2.18 bits per heavy atom. The van der Waals surface area contributed by atoms with Gasteiger partial charge in [0.2, 0.25) is 5.88 Å². The zero-order chi connectivity index (χ0) is 12.4. The number of aryl methyl sites for hydroxylation is 2. The Kier molecular flexibility index (Phi) is 2.95. The molecule has 2 aromatic heterocycles. The fourth-order valence-electron chi connectivity index (χ4n) is 1.72. The van der Waals surface area contributed by atoms with E-state index in [1.54, 1.807) is 7.11 Å². The third-order valence-electron chi connectivity index (χ3n) is 2.59. The van der Waals surface area contributed by atoms with E-state index >= 15 is 0 Å². The number of methoxy groups -OCH3 is 1. The highest BCUT2D eigenvalue weighted by Crippen LogP contribution is 2.30. The fraction of sp³-hybridized carbons (Fsp3) is 0.364. The Morgan fingerprint density at radius 1 is 1.41 bits per heavy atom. The Labute approximate surface area is 99.3 Å². The lowest BCUT2D eigenvalue weighted by Gasteiger charge is -2.06. The topological polar surface area (TPSA) is 89.7 Å². The van der Waals surface area contributed by atoms with Crippen LogP contribution < -0.4 is 10.5 Å². The Bertz CT molecular complexity index is 535. The molecule has 17 heavy (non-hydrogen) atoms. The standard InChI is InChI=1S/C11H15N5O/c1-4-7-6(2)15-10(16-7)8-9(12)13-5-14-11(8)17-3/h5H,4H2,1-3H3,(H,15,16)(H2,12,13,14). The summed E-state index contributed by atoms with van der Waals surface area (Å²) in [7, 11) is 1.54. The zero-order valence-corrected chi connectivity index (χ0v) is 10.1. The molecular weight excluding hydrogens is 218 g/mol. The molecule has 0 aromatic carbocycles. The van der Waals surface area contributed by atoms with E-state index in [1.165, 1.54) is 6.33 Å². The Morgan fingerprint density at radius 3 is 2.76 bits per heavy atom. The number of ether oxygens (including phenoxy) is 1. The minimum atomic E-state index is 0.355. The summed E-state index contributed by atoms with van der Waals surface area (Å²) in [6.45, 7) is 4.02. The van der Waals surface area contributed by atoms with Crippen molar-refractivity contribution in [3.63, 3.8) is 0 Å². The number of nitrogens with zero attached hydrogens (tertiary/aromatic N) is 3. The second-order valence-electron chi connectivity index (χ2n) is 3.65. The number of imidazole rings is 1. The lowest BCUT2D eigenvalue weighted by atomic mass is 10.3. The molecule has 0 aliphatic carbocycles. The third-order valence-corrected chi connectivity index (χ3v) is 2.59. The van der Waals surface area contributed by atoms with E-state index in [0.717, 1.165) is 17.8 Å². The van der Waals surface area contributed by atoms with Crippen molar-refractivity contribution in [2.45, 2.75) is 20.3 Å². The Hall–Kier alpha value is -2.11. The van der Waals surface area contributed by atoms with Crippen LogP contribution in [-0.4, -0.2) is 27.0 Å². The number of rotatable bonds is 3. The first kappa shape index (κ1) is 11.4. The van der Waals surface area contributed by atoms with Crippen LogP contribution in [0.5, 0.6) is 5.88 Å². The molecule has 0 saturated heterocycles. The summed E-state index contributed by atoms with van der Waals surface area (Å²) in [5.41, 5.74) is 8.47. The first-order valence-corrected chi connectivity index (χ1v) is 5.37. The van der Waals surface area contributed by atoms with Gasteiger partial charge in [-0.1, -0.05) is 6.92 Å². The molecule has 0 bridgehead atoms. The summed E-state index contributed by atoms with van der Waals surface area (Å²) in [5, 5.41) is 0. The fourth-order valence-corrected chi connectivity index (χ4v) is 1.72. The van der Waals surface area contributed by atoms with E-state index in [2.05, 4.69) is 26.9 Å². The summed E-state index contributed by atoms with van der Waals surface area (Å²) in [6, 6.07) is 0. The van der Waals surface area contributed by atoms with Crippen LogP contribution in [-0.2, 0) is 6.42 Å². The molecule has 0 unspecified atom stereocenters. The number of aromatic amines is 1. The van der Waals surface area contributed by atoms with Gasteiger partial charge in [-0.15, -0.1) is 0 Å². The van der Waals surface area contributed by atoms with Crippen molar-refractivity contribution in [2.75, 3.05) is 12.8 Å². The maximum absolute atomic E-state index is 5.84. The number of hydrogen-bond acceptors (Lipinski definition) is 5. The van der Waals surface area contributed by atoms with Crippen LogP contribution in [0.2, 0.25) is 0 Å². The predicted octanol–water partition coefficient (Wildman–Crippen LogP) is 1.33. The van der Waals surface area contributed by atoms with Gasteiger partial charge in [-0.3, -0.25) is 0 Å². The second kappa shape index (κ2) is 4.40. The van der Waals surface area contributed by atoms with Crippen molar-refractivity contribution in [1.29, 1.82) is 0 Å². The molecule has 2 rings (SSSR count). The van der Waals surface area contributed by atoms with Gasteiger partial charge in [0.25, 0.3) is 0 Å². The van der Waals surface area contributed by atoms with Crippen LogP contribution in [0.25, 0.3) is 11.4 Å². The molecule has 0 fully saturated rings. The number of H-pyrrole nitrogens is 1. The summed E-state index contributed by atoms with van der Waals surface area (Å²) >= 11 is 0. The van der Waals surface area contributed by atoms with E-state index < -0.39 is 0 Å². The number of nitrogen functional groups attached to an aromatic ring is 1. The SMILES string of the molecule is CCc1nc(-c2c(N)ncnc2OC)[nH]c1C. The number of hydrogen-bond donors (Lipinski definition) is 2. The molecule has 0 amide bonds. The van der Waals surface area contributed by atoms with Crippen molar-refractivity contribution in [3.05, 3.63) is 17.7 Å². The largest absolute Gasteiger partial charge is 0.480 e. The Balaban J connectivity index is 2.59. The smallest absolute Gasteiger partial charge is 0.229 e. The number of aromatic nitrogens is 4. The van der Waals surface area contributed by atoms with Gasteiger partial charge in [-0.25, -0.2) is 15.0 Å². The molecule has 0 aliphatic rings. The summed E-state index contributed by atoms with van der Waals surface area (Å²) in [5.74, 6) is 1.43. The number of nitrogens with two attached hydrogens (primary N) is 1. The normalized spacial score (nSPS) is 10.5. The highest BCUT2D eigenvalue weighted by molar-refractivity contribution is 5.73. The lowest BCUT2D eigenvalue weighted by molar-refractivity contribution is 0.398. The van der Waals surface area contributed by atoms with E-state index in [-0.39, 0.29) is 0 Å². The highest BCUT2D eigenvalue weighted by Gasteiger charge is 2.16. The van der Waals surface area contributed by atoms with Gasteiger partial charge in [0.05, 0.1) is 12.8 Å². The molecule has 90 valence electrons. The molecule has 6 heteroatoms. The van der Waals surface area contributed by atoms with Gasteiger partial charge >= 0.3 is 0 Å². The van der Waals surface area contributed by atoms with Crippen LogP contribution >= 0.6 is 0 Å². The number of nitrogens with one attached hydrogen (secondary N) is 1. The van der Waals surface area contributed by atoms with Gasteiger partial charge < -0.3 is 15.5 Å². The molecule has 0 spiro atoms. The van der Waals surface area contributed by atoms with Gasteiger partial charge in [0.15, 0.2) is 0 Å². The van der Waals surface area contributed by atoms with Crippen molar-refractivity contribution in [2.24, 2.45) is 0 Å². The van der Waals surface area contributed by atoms with Crippen LogP contribution in [0.3, 0.4) is 0 Å². The van der Waals surface area contributed by atoms with Crippen LogP contribution in [0.15, 0.2) is 6.33 Å². The molecule has 2 heterocycles. The molecule has 0 atom stereocenters. The predicted molar refractivity (Wildman–Crippen MR) is 64.7 cm³/mol. The van der Waals surface area contributed by atoms with Gasteiger partial charge in [-0.2, -0.15) is 0 Å². The molecule has 2 aromatic rings. The van der Waals surface area contributed by atoms with Gasteiger partial charge in [-0.05, 0) is 13.3 Å². The molecular formula is C11H15N5O. The minimum absolute atomic E-state index is 0.355. The quantitative estimate of drug-likeness (QED) is 0.834. The van der Waals surface area contributed by atoms with Gasteiger partial charge in [0.1, 0.15) is 23.5 Å². The molecule has 0 aliphatic heterocycles. The van der Waals surface area contributed by atoms with Crippen molar-refractivity contribution >= 4 is 5.82 Å². The van der Waals surface area contributed by atoms with Gasteiger partial charge in [0, 0.05) is 5.69 Å². The zero-order valence-electron chi connectivity index (χ0n) is 10.1. The summed E-state index contributed by atoms with van der Waals surface area (Å²) < 4.78 is 5.17. The average molecular weight is 233 g/mol. The van der Waals surface area contributed by atoms with Crippen LogP contribution in [0.4, 0.5) is 5.82 Å². The van der Waals surface area contributed by atoms with Crippen LogP contribution in [0, 0.1) is 6.92 Å². The van der Waals surface area contributed by atoms with E-state index in [4.69, 9.17) is 10.5 Å². The van der Waals surface area contributed by atoms with E-state index in [1.807, 2.05) is 6.92 Å². The minimum Gasteiger partial charge on any atom is -0.480 e. The number of anilines is 1. The second-order valence-corrected chi connectivity index (χ2v) is 3.65. The first-order valence-electron chi connectivity index (χ1n) is 5.37. The maximum atomic E-state index is 5.84. The third kappa shape index (κ3) is 1.93. The average Bonchev–Trinajstić information content (AvgIpc) is 2.69. The maximum Gasteiger partial charge on any atom is 0.229 e. The first-order chi connectivity index (χ1) is 8.17. The molecule has 6 nitrogen and oxygen atoms in total. The molecule has 0 saturated carbocycles. The summed E-state index contributed by atoms with van der Waals surface area (Å²) in [6.07, 6.45) is 2.23. The molecule has 3 N–H and O–H groups in total. The van der Waals surface area contributed by atoms with Crippen molar-refractivity contribution < 1.29 is 4.74 Å². The monoisotopic (exact) mass is 233 g/mol. The molecule has 0 radical (unpaired) electrons. The van der Waals surface area contributed by atoms with Crippen molar-refractivity contribution in [1.82, 2.24) is 19.9 Å². The lowest BCUT2D eigenvalue weighted by Crippen LogP contribution is -2.00. The van der Waals surface area contributed by atoms with Crippen LogP contribution in [0.1, 0.15) is 18.3 Å². The van der Waals surface area contributed by atoms with E-state index in [0.29, 0.717) is 23.1 Å². The highest BCUT2D eigenvalue weighted by atomic mass is 16.5. The van der Waals surface area contributed by atoms with Crippen molar-refractivity contribution in [3.8, 4) is 17.3 Å². The summed E-state index contributed by atoms with van der Waals surface area (Å²) in [4.78, 5) is 15.6. The van der Waals surface area contributed by atoms with E-state index in [9.17, 15) is 0 Å².